The van der Waals surface area contributed by atoms with Gasteiger partial charge < -0.3 is 19.5 Å². The van der Waals surface area contributed by atoms with E-state index in [1.54, 1.807) is 45.0 Å². The molecule has 172 valence electrons. The van der Waals surface area contributed by atoms with E-state index in [0.717, 1.165) is 16.9 Å². The van der Waals surface area contributed by atoms with Crippen LogP contribution in [0.25, 0.3) is 0 Å². The van der Waals surface area contributed by atoms with Gasteiger partial charge in [-0.15, -0.1) is 11.3 Å². The van der Waals surface area contributed by atoms with Gasteiger partial charge in [0.25, 0.3) is 0 Å². The third-order valence-electron chi connectivity index (χ3n) is 3.42. The van der Waals surface area contributed by atoms with Crippen LogP contribution in [0, 0.1) is 0 Å². The second-order valence-electron chi connectivity index (χ2n) is 7.39. The molecule has 0 aliphatic rings. The summed E-state index contributed by atoms with van der Waals surface area (Å²) in [5.41, 5.74) is 4.39. The molecule has 1 heterocycles. The molecule has 0 bridgehead atoms. The maximum Gasteiger partial charge on any atom is 0.426 e. The van der Waals surface area contributed by atoms with Gasteiger partial charge in [-0.1, -0.05) is 12.1 Å². The molecule has 0 unspecified atom stereocenters. The molecule has 3 amide bonds. The summed E-state index contributed by atoms with van der Waals surface area (Å²) in [6.07, 6.45) is -1.23. The number of nitrogens with one attached hydrogen (secondary N) is 3. The highest BCUT2D eigenvalue weighted by Gasteiger charge is 2.17. The number of hydrazine groups is 1. The average Bonchev–Trinajstić information content (AvgIpc) is 3.14. The molecule has 0 radical (unpaired) electrons. The van der Waals surface area contributed by atoms with Crippen LogP contribution in [-0.4, -0.2) is 41.3 Å². The van der Waals surface area contributed by atoms with Crippen LogP contribution in [0.3, 0.4) is 0 Å². The molecule has 0 saturated carbocycles. The quantitative estimate of drug-likeness (QED) is 0.336. The molecule has 1 aromatic heterocycles. The first-order valence-electron chi connectivity index (χ1n) is 9.48. The van der Waals surface area contributed by atoms with E-state index in [1.165, 1.54) is 12.3 Å². The predicted molar refractivity (Wildman–Crippen MR) is 115 cm³/mol. The van der Waals surface area contributed by atoms with Gasteiger partial charge >= 0.3 is 18.2 Å². The smallest absolute Gasteiger partial charge is 0.426 e. The van der Waals surface area contributed by atoms with Crippen LogP contribution in [0.15, 0.2) is 29.6 Å². The number of nitrogens with zero attached hydrogens (tertiary/aromatic N) is 1. The summed E-state index contributed by atoms with van der Waals surface area (Å²) in [4.78, 5) is 50.2. The maximum atomic E-state index is 12.1. The first-order chi connectivity index (χ1) is 15.0. The summed E-state index contributed by atoms with van der Waals surface area (Å²) in [7, 11) is 0. The van der Waals surface area contributed by atoms with Gasteiger partial charge in [0.1, 0.15) is 11.4 Å². The van der Waals surface area contributed by atoms with Crippen molar-refractivity contribution < 1.29 is 33.4 Å². The number of ether oxygens (including phenoxy) is 3. The van der Waals surface area contributed by atoms with Crippen molar-refractivity contribution in [2.75, 3.05) is 11.9 Å². The topological polar surface area (TPSA) is 145 Å². The number of carbonyl (C=O) groups excluding carboxylic acids is 4. The van der Waals surface area contributed by atoms with E-state index in [9.17, 15) is 19.2 Å². The van der Waals surface area contributed by atoms with Crippen LogP contribution in [0.2, 0.25) is 0 Å². The minimum atomic E-state index is -0.830. The van der Waals surface area contributed by atoms with Gasteiger partial charge in [0, 0.05) is 18.7 Å². The molecule has 0 fully saturated rings. The van der Waals surface area contributed by atoms with Crippen molar-refractivity contribution in [1.29, 1.82) is 0 Å². The fraction of sp³-hybridized carbons (Fsp3) is 0.350. The van der Waals surface area contributed by atoms with Gasteiger partial charge in [-0.2, -0.15) is 0 Å². The Balaban J connectivity index is 1.73. The van der Waals surface area contributed by atoms with Gasteiger partial charge in [0.15, 0.2) is 10.8 Å². The van der Waals surface area contributed by atoms with E-state index in [1.807, 2.05) is 0 Å². The van der Waals surface area contributed by atoms with Gasteiger partial charge in [-0.3, -0.25) is 4.79 Å². The van der Waals surface area contributed by atoms with Crippen molar-refractivity contribution in [3.63, 3.8) is 0 Å². The van der Waals surface area contributed by atoms with Crippen molar-refractivity contribution in [3.8, 4) is 5.75 Å². The zero-order chi connectivity index (χ0) is 23.7. The van der Waals surface area contributed by atoms with E-state index in [4.69, 9.17) is 14.2 Å². The third kappa shape index (κ3) is 9.00. The second-order valence-corrected chi connectivity index (χ2v) is 8.25. The molecule has 2 rings (SSSR count). The third-order valence-corrected chi connectivity index (χ3v) is 4.18. The molecule has 0 atom stereocenters. The molecule has 0 aliphatic heterocycles. The van der Waals surface area contributed by atoms with E-state index in [0.29, 0.717) is 17.3 Å². The van der Waals surface area contributed by atoms with Crippen LogP contribution in [-0.2, 0) is 20.7 Å². The number of hydrogen-bond donors (Lipinski definition) is 3. The average molecular weight is 465 g/mol. The molecule has 12 heteroatoms. The Hall–Kier alpha value is -3.67. The van der Waals surface area contributed by atoms with E-state index >= 15 is 0 Å². The largest absolute Gasteiger partial charge is 0.448 e. The Morgan fingerprint density at radius 1 is 1.03 bits per heavy atom. The number of carbonyl (C=O) groups is 4. The van der Waals surface area contributed by atoms with Crippen molar-refractivity contribution in [3.05, 3.63) is 40.9 Å². The molecule has 0 saturated heterocycles. The number of benzene rings is 1. The molecular weight excluding hydrogens is 440 g/mol. The summed E-state index contributed by atoms with van der Waals surface area (Å²) in [5.74, 6) is -0.619. The summed E-state index contributed by atoms with van der Waals surface area (Å²) in [6, 6.07) is 6.62. The monoisotopic (exact) mass is 464 g/mol. The molecule has 11 nitrogen and oxygen atoms in total. The Labute approximate surface area is 188 Å². The normalized spacial score (nSPS) is 10.6. The zero-order valence-electron chi connectivity index (χ0n) is 18.0. The second kappa shape index (κ2) is 11.1. The Kier molecular flexibility index (Phi) is 8.53. The fourth-order valence-corrected chi connectivity index (χ4v) is 2.89. The Bertz CT molecular complexity index is 967. The first kappa shape index (κ1) is 24.6. The number of anilines is 1. The van der Waals surface area contributed by atoms with E-state index < -0.39 is 23.8 Å². The maximum absolute atomic E-state index is 12.1. The number of rotatable bonds is 6. The lowest BCUT2D eigenvalue weighted by molar-refractivity contribution is -0.114. The standard InChI is InChI=1S/C20H24N4O7S/c1-12(25)21-17-22-15(11-32-17)16(26)30-14-7-5-13(6-8-14)9-10-29-18(27)23-24-19(28)31-20(2,3)4/h5-8,11H,9-10H2,1-4H3,(H,23,27)(H,24,28)(H,21,22,25). The van der Waals surface area contributed by atoms with Gasteiger partial charge in [-0.05, 0) is 38.5 Å². The van der Waals surface area contributed by atoms with Crippen molar-refractivity contribution in [1.82, 2.24) is 15.8 Å². The molecule has 1 aromatic carbocycles. The van der Waals surface area contributed by atoms with E-state index in [-0.39, 0.29) is 18.2 Å². The van der Waals surface area contributed by atoms with Crippen LogP contribution >= 0.6 is 11.3 Å². The lowest BCUT2D eigenvalue weighted by Crippen LogP contribution is -2.44. The Morgan fingerprint density at radius 3 is 2.31 bits per heavy atom. The summed E-state index contributed by atoms with van der Waals surface area (Å²) >= 11 is 1.12. The number of aromatic nitrogens is 1. The number of amides is 3. The molecule has 32 heavy (non-hydrogen) atoms. The van der Waals surface area contributed by atoms with Crippen LogP contribution < -0.4 is 20.9 Å². The van der Waals surface area contributed by atoms with Crippen LogP contribution in [0.4, 0.5) is 14.7 Å². The number of esters is 1. The van der Waals surface area contributed by atoms with Crippen LogP contribution in [0.1, 0.15) is 43.7 Å². The van der Waals surface area contributed by atoms with Crippen LogP contribution in [0.5, 0.6) is 5.75 Å². The van der Waals surface area contributed by atoms with Gasteiger partial charge in [-0.25, -0.2) is 30.2 Å². The lowest BCUT2D eigenvalue weighted by Gasteiger charge is -2.19. The predicted octanol–water partition coefficient (Wildman–Crippen LogP) is 3.03. The van der Waals surface area contributed by atoms with Crippen molar-refractivity contribution >= 4 is 40.5 Å². The summed E-state index contributed by atoms with van der Waals surface area (Å²) in [5, 5.41) is 4.29. The summed E-state index contributed by atoms with van der Waals surface area (Å²) < 4.78 is 15.2. The molecule has 0 spiro atoms. The highest BCUT2D eigenvalue weighted by atomic mass is 32.1. The highest BCUT2D eigenvalue weighted by Crippen LogP contribution is 2.18. The molecule has 0 aliphatic carbocycles. The number of thiazole rings is 1. The van der Waals surface area contributed by atoms with Crippen molar-refractivity contribution in [2.24, 2.45) is 0 Å². The summed E-state index contributed by atoms with van der Waals surface area (Å²) in [6.45, 7) is 6.49. The SMILES string of the molecule is CC(=O)Nc1nc(C(=O)Oc2ccc(CCOC(=O)NNC(=O)OC(C)(C)C)cc2)cs1. The van der Waals surface area contributed by atoms with E-state index in [2.05, 4.69) is 21.2 Å². The first-order valence-corrected chi connectivity index (χ1v) is 10.4. The number of hydrogen-bond acceptors (Lipinski definition) is 9. The minimum Gasteiger partial charge on any atom is -0.448 e. The van der Waals surface area contributed by atoms with Gasteiger partial charge in [0.2, 0.25) is 5.91 Å². The molecule has 3 N–H and O–H groups in total. The highest BCUT2D eigenvalue weighted by molar-refractivity contribution is 7.14. The molecular formula is C20H24N4O7S. The Morgan fingerprint density at radius 2 is 1.69 bits per heavy atom. The molecule has 2 aromatic rings. The lowest BCUT2D eigenvalue weighted by atomic mass is 10.1. The minimum absolute atomic E-state index is 0.0612. The van der Waals surface area contributed by atoms with Crippen molar-refractivity contribution in [2.45, 2.75) is 39.7 Å². The fourth-order valence-electron chi connectivity index (χ4n) is 2.16. The van der Waals surface area contributed by atoms with Gasteiger partial charge in [0.05, 0.1) is 6.61 Å². The zero-order valence-corrected chi connectivity index (χ0v) is 18.8.